The minimum atomic E-state index is 0.227. The van der Waals surface area contributed by atoms with E-state index in [9.17, 15) is 0 Å². The first-order valence-electron chi connectivity index (χ1n) is 11.4. The molecule has 1 aliphatic rings. The van der Waals surface area contributed by atoms with Gasteiger partial charge in [0.25, 0.3) is 0 Å². The summed E-state index contributed by atoms with van der Waals surface area (Å²) in [7, 11) is 0. The van der Waals surface area contributed by atoms with Gasteiger partial charge in [0.2, 0.25) is 0 Å². The highest BCUT2D eigenvalue weighted by Gasteiger charge is 2.29. The van der Waals surface area contributed by atoms with Gasteiger partial charge < -0.3 is 9.98 Å². The van der Waals surface area contributed by atoms with Crippen molar-refractivity contribution in [2.24, 2.45) is 5.92 Å². The third kappa shape index (κ3) is 4.92. The summed E-state index contributed by atoms with van der Waals surface area (Å²) in [6, 6.07) is 10.6. The number of nitrogens with zero attached hydrogens (tertiary/aromatic N) is 2. The molecule has 3 heteroatoms. The molecule has 1 aromatic heterocycles. The van der Waals surface area contributed by atoms with Crippen LogP contribution in [0.5, 0.6) is 0 Å². The maximum absolute atomic E-state index is 9.10. The van der Waals surface area contributed by atoms with Crippen LogP contribution in [0.2, 0.25) is 0 Å². The van der Waals surface area contributed by atoms with Crippen LogP contribution in [-0.4, -0.2) is 15.3 Å². The van der Waals surface area contributed by atoms with Gasteiger partial charge in [0.1, 0.15) is 5.82 Å². The molecule has 0 spiro atoms. The lowest BCUT2D eigenvalue weighted by Crippen LogP contribution is -2.25. The first kappa shape index (κ1) is 20.8. The highest BCUT2D eigenvalue weighted by molar-refractivity contribution is 5.90. The summed E-state index contributed by atoms with van der Waals surface area (Å²) in [6.07, 6.45) is 14.2. The topological polar surface area (TPSA) is 41.7 Å². The molecule has 0 unspecified atom stereocenters. The van der Waals surface area contributed by atoms with Gasteiger partial charge in [-0.2, -0.15) is 0 Å². The molecule has 0 radical (unpaired) electrons. The summed E-state index contributed by atoms with van der Waals surface area (Å²) in [5.41, 5.74) is 3.44. The molecule has 2 aromatic rings. The van der Waals surface area contributed by atoms with E-state index in [-0.39, 0.29) is 5.92 Å². The molecule has 152 valence electrons. The Kier molecular flexibility index (Phi) is 7.88. The number of hydrogen-bond acceptors (Lipinski definition) is 2. The minimum Gasteiger partial charge on any atom is -0.327 e. The fourth-order valence-electron chi connectivity index (χ4n) is 4.60. The number of hydrogen-bond donors (Lipinski definition) is 1. The van der Waals surface area contributed by atoms with Gasteiger partial charge in [-0.25, -0.2) is 4.98 Å². The summed E-state index contributed by atoms with van der Waals surface area (Å²) in [5.74, 6) is 1.78. The Hall–Kier alpha value is -1.90. The van der Waals surface area contributed by atoms with Crippen molar-refractivity contribution in [1.82, 2.24) is 9.55 Å². The standard InChI is InChI=1S/C25H37N3/c1-3-5-17-22(24(26)20-13-9-7-10-14-20)23-19-27-25(28(23)18-6-4-2)21-15-11-8-12-16-21/h8,11-12,15-16,19-20,22,26H,3-7,9-10,13-14,17-18H2,1-2H3/t22-/m1/s1. The number of nitrogens with one attached hydrogen (secondary N) is 1. The van der Waals surface area contributed by atoms with Crippen molar-refractivity contribution in [2.45, 2.75) is 90.5 Å². The van der Waals surface area contributed by atoms with Crippen LogP contribution in [0.4, 0.5) is 0 Å². The van der Waals surface area contributed by atoms with Crippen LogP contribution in [0.25, 0.3) is 11.4 Å². The number of unbranched alkanes of at least 4 members (excludes halogenated alkanes) is 2. The lowest BCUT2D eigenvalue weighted by atomic mass is 9.78. The van der Waals surface area contributed by atoms with Gasteiger partial charge in [0, 0.05) is 35.6 Å². The summed E-state index contributed by atoms with van der Waals surface area (Å²) in [6.45, 7) is 5.50. The molecule has 28 heavy (non-hydrogen) atoms. The third-order valence-corrected chi connectivity index (χ3v) is 6.28. The van der Waals surface area contributed by atoms with Crippen molar-refractivity contribution in [2.75, 3.05) is 0 Å². The van der Waals surface area contributed by atoms with Crippen molar-refractivity contribution in [1.29, 1.82) is 5.41 Å². The van der Waals surface area contributed by atoms with E-state index < -0.39 is 0 Å². The maximum Gasteiger partial charge on any atom is 0.140 e. The molecular formula is C25H37N3. The van der Waals surface area contributed by atoms with E-state index in [4.69, 9.17) is 10.4 Å². The number of rotatable bonds is 10. The molecule has 3 rings (SSSR count). The van der Waals surface area contributed by atoms with Crippen molar-refractivity contribution < 1.29 is 0 Å². The molecule has 3 nitrogen and oxygen atoms in total. The average molecular weight is 380 g/mol. The number of benzene rings is 1. The Labute approximate surface area is 171 Å². The summed E-state index contributed by atoms with van der Waals surface area (Å²) in [4.78, 5) is 4.86. The van der Waals surface area contributed by atoms with Crippen LogP contribution in [0.1, 0.15) is 89.7 Å². The molecule has 1 saturated carbocycles. The first-order valence-corrected chi connectivity index (χ1v) is 11.4. The van der Waals surface area contributed by atoms with Crippen molar-refractivity contribution in [3.63, 3.8) is 0 Å². The predicted octanol–water partition coefficient (Wildman–Crippen LogP) is 7.22. The highest BCUT2D eigenvalue weighted by Crippen LogP contribution is 2.35. The molecular weight excluding hydrogens is 342 g/mol. The minimum absolute atomic E-state index is 0.227. The third-order valence-electron chi connectivity index (χ3n) is 6.28. The largest absolute Gasteiger partial charge is 0.327 e. The van der Waals surface area contributed by atoms with Crippen LogP contribution in [0, 0.1) is 11.3 Å². The Morgan fingerprint density at radius 3 is 2.46 bits per heavy atom. The highest BCUT2D eigenvalue weighted by atomic mass is 15.1. The summed E-state index contributed by atoms with van der Waals surface area (Å²) >= 11 is 0. The molecule has 1 N–H and O–H groups in total. The van der Waals surface area contributed by atoms with E-state index in [1.54, 1.807) is 0 Å². The second kappa shape index (κ2) is 10.6. The average Bonchev–Trinajstić information content (AvgIpc) is 3.17. The Morgan fingerprint density at radius 1 is 1.07 bits per heavy atom. The quantitative estimate of drug-likeness (QED) is 0.435. The van der Waals surface area contributed by atoms with Gasteiger partial charge in [-0.15, -0.1) is 0 Å². The fourth-order valence-corrected chi connectivity index (χ4v) is 4.60. The predicted molar refractivity (Wildman–Crippen MR) is 119 cm³/mol. The lowest BCUT2D eigenvalue weighted by molar-refractivity contribution is 0.426. The smallest absolute Gasteiger partial charge is 0.140 e. The van der Waals surface area contributed by atoms with Gasteiger partial charge in [-0.1, -0.05) is 82.7 Å². The summed E-state index contributed by atoms with van der Waals surface area (Å²) in [5, 5.41) is 9.10. The van der Waals surface area contributed by atoms with E-state index in [0.29, 0.717) is 5.92 Å². The SMILES string of the molecule is CCCC[C@@H](C(=N)C1CCCCC1)c1cnc(-c2ccccc2)n1CCCC. The van der Waals surface area contributed by atoms with Crippen LogP contribution >= 0.6 is 0 Å². The first-order chi connectivity index (χ1) is 13.8. The van der Waals surface area contributed by atoms with Gasteiger partial charge in [-0.05, 0) is 31.6 Å². The Bertz CT molecular complexity index is 726. The molecule has 1 aromatic carbocycles. The maximum atomic E-state index is 9.10. The van der Waals surface area contributed by atoms with Gasteiger partial charge >= 0.3 is 0 Å². The van der Waals surface area contributed by atoms with Crippen LogP contribution in [0.3, 0.4) is 0 Å². The molecule has 1 aliphatic carbocycles. The lowest BCUT2D eigenvalue weighted by Gasteiger charge is -2.29. The second-order valence-corrected chi connectivity index (χ2v) is 8.36. The van der Waals surface area contributed by atoms with E-state index in [2.05, 4.69) is 54.9 Å². The van der Waals surface area contributed by atoms with Gasteiger partial charge in [0.05, 0.1) is 0 Å². The monoisotopic (exact) mass is 379 g/mol. The van der Waals surface area contributed by atoms with Crippen LogP contribution in [-0.2, 0) is 6.54 Å². The Balaban J connectivity index is 1.95. The Morgan fingerprint density at radius 2 is 1.79 bits per heavy atom. The van der Waals surface area contributed by atoms with Gasteiger partial charge in [0.15, 0.2) is 0 Å². The van der Waals surface area contributed by atoms with E-state index in [1.165, 1.54) is 62.6 Å². The van der Waals surface area contributed by atoms with E-state index >= 15 is 0 Å². The molecule has 0 saturated heterocycles. The zero-order chi connectivity index (χ0) is 19.8. The molecule has 0 aliphatic heterocycles. The van der Waals surface area contributed by atoms with E-state index in [0.717, 1.165) is 30.9 Å². The van der Waals surface area contributed by atoms with Crippen LogP contribution < -0.4 is 0 Å². The fraction of sp³-hybridized carbons (Fsp3) is 0.600. The summed E-state index contributed by atoms with van der Waals surface area (Å²) < 4.78 is 2.43. The van der Waals surface area contributed by atoms with Crippen LogP contribution in [0.15, 0.2) is 36.5 Å². The zero-order valence-corrected chi connectivity index (χ0v) is 17.8. The molecule has 1 atom stereocenters. The molecule has 1 heterocycles. The number of aromatic nitrogens is 2. The van der Waals surface area contributed by atoms with Gasteiger partial charge in [-0.3, -0.25) is 0 Å². The number of imidazole rings is 1. The zero-order valence-electron chi connectivity index (χ0n) is 17.8. The molecule has 1 fully saturated rings. The molecule has 0 amide bonds. The van der Waals surface area contributed by atoms with E-state index in [1.807, 2.05) is 0 Å². The van der Waals surface area contributed by atoms with Crippen molar-refractivity contribution in [3.8, 4) is 11.4 Å². The van der Waals surface area contributed by atoms with Crippen molar-refractivity contribution >= 4 is 5.71 Å². The second-order valence-electron chi connectivity index (χ2n) is 8.36. The normalized spacial score (nSPS) is 16.2. The molecule has 0 bridgehead atoms. The van der Waals surface area contributed by atoms with Crippen molar-refractivity contribution in [3.05, 3.63) is 42.2 Å².